The van der Waals surface area contributed by atoms with E-state index in [1.807, 2.05) is 20.8 Å². The van der Waals surface area contributed by atoms with Crippen LogP contribution in [0, 0.1) is 10.1 Å². The van der Waals surface area contributed by atoms with Gasteiger partial charge in [0, 0.05) is 42.9 Å². The van der Waals surface area contributed by atoms with Gasteiger partial charge in [-0.25, -0.2) is 9.59 Å². The number of ether oxygens (including phenoxy) is 3. The largest absolute Gasteiger partial charge is 0.463 e. The molecule has 2 N–H and O–H groups in total. The molecule has 4 rings (SSSR count). The topological polar surface area (TPSA) is 170 Å². The average Bonchev–Trinajstić information content (AvgIpc) is 3.54. The number of urea groups is 1. The van der Waals surface area contributed by atoms with E-state index < -0.39 is 34.5 Å². The second-order valence-corrected chi connectivity index (χ2v) is 13.6. The molecule has 0 spiro atoms. The van der Waals surface area contributed by atoms with Gasteiger partial charge < -0.3 is 29.7 Å². The van der Waals surface area contributed by atoms with Crippen molar-refractivity contribution in [2.45, 2.75) is 97.7 Å². The van der Waals surface area contributed by atoms with E-state index in [1.54, 1.807) is 36.9 Å². The molecule has 2 aromatic carbocycles. The molecule has 2 aliphatic heterocycles. The summed E-state index contributed by atoms with van der Waals surface area (Å²) in [5.74, 6) is -0.144. The molecule has 2 aliphatic rings. The Balaban J connectivity index is 1.59. The van der Waals surface area contributed by atoms with Gasteiger partial charge in [-0.15, -0.1) is 0 Å². The Labute approximate surface area is 298 Å². The van der Waals surface area contributed by atoms with Crippen LogP contribution in [0.25, 0.3) is 0 Å². The molecule has 2 aromatic rings. The van der Waals surface area contributed by atoms with E-state index in [0.717, 1.165) is 19.3 Å². The van der Waals surface area contributed by atoms with Gasteiger partial charge in [0.15, 0.2) is 11.5 Å². The smallest absolute Gasteiger partial charge is 0.338 e. The monoisotopic (exact) mass is 707 g/mol. The van der Waals surface area contributed by atoms with Crippen LogP contribution in [0.3, 0.4) is 0 Å². The van der Waals surface area contributed by atoms with Crippen LogP contribution in [0.1, 0.15) is 103 Å². The average molecular weight is 708 g/mol. The number of hydrogen-bond acceptors (Lipinski definition) is 9. The fraction of sp³-hybridized carbons (Fsp3) is 0.514. The van der Waals surface area contributed by atoms with Crippen molar-refractivity contribution < 1.29 is 38.3 Å². The predicted molar refractivity (Wildman–Crippen MR) is 189 cm³/mol. The first-order valence-corrected chi connectivity index (χ1v) is 17.5. The zero-order valence-corrected chi connectivity index (χ0v) is 30.3. The number of esters is 1. The molecule has 14 heteroatoms. The van der Waals surface area contributed by atoms with Crippen LogP contribution < -0.4 is 20.1 Å². The lowest BCUT2D eigenvalue weighted by atomic mass is 9.94. The van der Waals surface area contributed by atoms with Crippen molar-refractivity contribution in [2.24, 2.45) is 0 Å². The second-order valence-electron chi connectivity index (χ2n) is 13.6. The number of nitro benzene ring substituents is 1. The Bertz CT molecular complexity index is 1630. The maximum Gasteiger partial charge on any atom is 0.338 e. The van der Waals surface area contributed by atoms with E-state index in [1.165, 1.54) is 29.2 Å². The summed E-state index contributed by atoms with van der Waals surface area (Å²) in [6, 6.07) is 8.54. The van der Waals surface area contributed by atoms with Gasteiger partial charge >= 0.3 is 12.0 Å². The van der Waals surface area contributed by atoms with E-state index in [4.69, 9.17) is 14.2 Å². The Morgan fingerprint density at radius 2 is 1.76 bits per heavy atom. The molecule has 14 nitrogen and oxygen atoms in total. The van der Waals surface area contributed by atoms with Gasteiger partial charge in [-0.3, -0.25) is 24.6 Å². The van der Waals surface area contributed by atoms with E-state index in [9.17, 15) is 29.3 Å². The number of nitrogens with one attached hydrogen (secondary N) is 2. The maximum absolute atomic E-state index is 14.1. The fourth-order valence-corrected chi connectivity index (χ4v) is 6.20. The van der Waals surface area contributed by atoms with E-state index in [0.29, 0.717) is 41.3 Å². The minimum atomic E-state index is -0.939. The molecule has 51 heavy (non-hydrogen) atoms. The van der Waals surface area contributed by atoms with Gasteiger partial charge in [0.05, 0.1) is 23.1 Å². The van der Waals surface area contributed by atoms with Crippen molar-refractivity contribution in [2.75, 3.05) is 26.5 Å². The number of amides is 4. The summed E-state index contributed by atoms with van der Waals surface area (Å²) in [7, 11) is 0. The third-order valence-electron chi connectivity index (χ3n) is 8.64. The van der Waals surface area contributed by atoms with Crippen LogP contribution in [0.4, 0.5) is 10.5 Å². The molecule has 0 bridgehead atoms. The minimum Gasteiger partial charge on any atom is -0.463 e. The molecule has 0 aliphatic carbocycles. The molecule has 2 unspecified atom stereocenters. The van der Waals surface area contributed by atoms with Crippen LogP contribution in [0.15, 0.2) is 53.7 Å². The Kier molecular flexibility index (Phi) is 13.0. The summed E-state index contributed by atoms with van der Waals surface area (Å²) in [6.45, 7) is 11.7. The van der Waals surface area contributed by atoms with E-state index in [-0.39, 0.29) is 55.9 Å². The fourth-order valence-electron chi connectivity index (χ4n) is 6.20. The number of benzene rings is 2. The summed E-state index contributed by atoms with van der Waals surface area (Å²) in [5, 5.41) is 17.1. The molecule has 0 fully saturated rings. The molecular formula is C37H49N5O9. The van der Waals surface area contributed by atoms with Gasteiger partial charge in [-0.05, 0) is 82.9 Å². The van der Waals surface area contributed by atoms with Gasteiger partial charge in [0.1, 0.15) is 6.04 Å². The molecule has 0 aromatic heterocycles. The second kappa shape index (κ2) is 17.2. The van der Waals surface area contributed by atoms with Crippen molar-refractivity contribution in [3.05, 3.63) is 75.0 Å². The van der Waals surface area contributed by atoms with Crippen molar-refractivity contribution in [1.82, 2.24) is 20.4 Å². The lowest BCUT2D eigenvalue weighted by molar-refractivity contribution is -0.384. The normalized spacial score (nSPS) is 16.0. The van der Waals surface area contributed by atoms with E-state index in [2.05, 4.69) is 17.6 Å². The Hall–Kier alpha value is -5.14. The lowest BCUT2D eigenvalue weighted by Gasteiger charge is -2.36. The van der Waals surface area contributed by atoms with Crippen molar-refractivity contribution in [1.29, 1.82) is 0 Å². The van der Waals surface area contributed by atoms with E-state index >= 15 is 0 Å². The van der Waals surface area contributed by atoms with Crippen molar-refractivity contribution >= 4 is 29.5 Å². The number of carbonyl (C=O) groups is 4. The molecule has 0 saturated heterocycles. The number of non-ortho nitro benzene ring substituents is 1. The van der Waals surface area contributed by atoms with Crippen LogP contribution in [-0.2, 0) is 19.1 Å². The summed E-state index contributed by atoms with van der Waals surface area (Å²) < 4.78 is 16.4. The summed E-state index contributed by atoms with van der Waals surface area (Å²) in [6.07, 6.45) is 3.85. The zero-order chi connectivity index (χ0) is 37.3. The first kappa shape index (κ1) is 38.7. The van der Waals surface area contributed by atoms with Gasteiger partial charge in [0.2, 0.25) is 18.6 Å². The molecule has 2 heterocycles. The van der Waals surface area contributed by atoms with Gasteiger partial charge in [-0.2, -0.15) is 0 Å². The summed E-state index contributed by atoms with van der Waals surface area (Å²) in [4.78, 5) is 68.4. The van der Waals surface area contributed by atoms with Gasteiger partial charge in [-0.1, -0.05) is 32.3 Å². The molecule has 0 radical (unpaired) electrons. The third kappa shape index (κ3) is 9.77. The van der Waals surface area contributed by atoms with Crippen LogP contribution in [0.5, 0.6) is 11.5 Å². The number of hydrogen-bond donors (Lipinski definition) is 2. The lowest BCUT2D eigenvalue weighted by Crippen LogP contribution is -2.50. The zero-order valence-electron chi connectivity index (χ0n) is 30.3. The maximum atomic E-state index is 14.1. The number of fused-ring (bicyclic) bond motifs is 1. The number of rotatable bonds is 16. The summed E-state index contributed by atoms with van der Waals surface area (Å²) in [5.41, 5.74) is 0.935. The summed E-state index contributed by atoms with van der Waals surface area (Å²) >= 11 is 0. The first-order valence-electron chi connectivity index (χ1n) is 17.5. The molecule has 4 amide bonds. The Morgan fingerprint density at radius 1 is 1.06 bits per heavy atom. The van der Waals surface area contributed by atoms with Crippen LogP contribution >= 0.6 is 0 Å². The SMILES string of the molecule is CCCCCCN(C(=O)CCCN1C(=O)NC(c2ccc([N+](=O)[O-])cc2)C(C(=O)OCC)=C1C)C(C(=O)NC(C)(C)C)c1ccc2c(c1)OCO2. The van der Waals surface area contributed by atoms with Gasteiger partial charge in [0.25, 0.3) is 5.69 Å². The highest BCUT2D eigenvalue weighted by Crippen LogP contribution is 2.37. The minimum absolute atomic E-state index is 0.0230. The highest BCUT2D eigenvalue weighted by molar-refractivity contribution is 5.95. The Morgan fingerprint density at radius 3 is 2.41 bits per heavy atom. The number of carbonyl (C=O) groups excluding carboxylic acids is 4. The molecular weight excluding hydrogens is 658 g/mol. The molecule has 0 saturated carbocycles. The molecule has 276 valence electrons. The predicted octanol–water partition coefficient (Wildman–Crippen LogP) is 6.07. The number of allylic oxidation sites excluding steroid dienone is 1. The molecule has 2 atom stereocenters. The standard InChI is InChI=1S/C37H49N5O9/c1-7-9-10-11-20-41(33(34(44)39-37(4,5)6)26-16-19-28-29(22-26)51-23-50-28)30(43)13-12-21-40-24(3)31(35(45)49-8-2)32(38-36(40)46)25-14-17-27(18-15-25)42(47)48/h14-19,22,32-33H,7-13,20-21,23H2,1-6H3,(H,38,46)(H,39,44). The van der Waals surface area contributed by atoms with Crippen molar-refractivity contribution in [3.63, 3.8) is 0 Å². The highest BCUT2D eigenvalue weighted by Gasteiger charge is 2.38. The number of nitrogens with zero attached hydrogens (tertiary/aromatic N) is 3. The van der Waals surface area contributed by atoms with Crippen molar-refractivity contribution in [3.8, 4) is 11.5 Å². The number of unbranched alkanes of at least 4 members (excludes halogenated alkanes) is 3. The van der Waals surface area contributed by atoms with Crippen LogP contribution in [0.2, 0.25) is 0 Å². The highest BCUT2D eigenvalue weighted by atomic mass is 16.7. The van der Waals surface area contributed by atoms with Crippen LogP contribution in [-0.4, -0.2) is 70.6 Å². The third-order valence-corrected chi connectivity index (χ3v) is 8.64. The number of nitro groups is 1. The first-order chi connectivity index (χ1) is 24.2. The quantitative estimate of drug-likeness (QED) is 0.0910.